The lowest BCUT2D eigenvalue weighted by Gasteiger charge is -2.08. The van der Waals surface area contributed by atoms with Gasteiger partial charge in [-0.15, -0.1) is 0 Å². The number of rotatable bonds is 6. The summed E-state index contributed by atoms with van der Waals surface area (Å²) in [7, 11) is 0. The standard InChI is InChI=1S/C13H17FN2O2/c14-10-3-1-4-11(17)12(10)13(18)16-8-2-7-15-9-5-6-9/h1,3-4,9,15,17H,2,5-8H2,(H,16,18). The molecule has 0 spiro atoms. The minimum Gasteiger partial charge on any atom is -0.507 e. The first kappa shape index (κ1) is 12.8. The molecule has 0 saturated heterocycles. The van der Waals surface area contributed by atoms with Gasteiger partial charge in [0, 0.05) is 12.6 Å². The molecule has 1 amide bonds. The van der Waals surface area contributed by atoms with Crippen molar-refractivity contribution in [2.24, 2.45) is 0 Å². The average molecular weight is 252 g/mol. The number of phenolic OH excluding ortho intramolecular Hbond substituents is 1. The second kappa shape index (κ2) is 5.82. The van der Waals surface area contributed by atoms with Crippen LogP contribution in [0.5, 0.6) is 5.75 Å². The molecule has 1 aliphatic carbocycles. The molecule has 2 rings (SSSR count). The van der Waals surface area contributed by atoms with Crippen LogP contribution < -0.4 is 10.6 Å². The molecule has 4 nitrogen and oxygen atoms in total. The molecular weight excluding hydrogens is 235 g/mol. The van der Waals surface area contributed by atoms with Crippen molar-refractivity contribution in [2.75, 3.05) is 13.1 Å². The van der Waals surface area contributed by atoms with E-state index < -0.39 is 11.7 Å². The Bertz CT molecular complexity index is 413. The van der Waals surface area contributed by atoms with Crippen LogP contribution in [-0.2, 0) is 0 Å². The van der Waals surface area contributed by atoms with Crippen LogP contribution in [0.1, 0.15) is 29.6 Å². The third kappa shape index (κ3) is 3.43. The van der Waals surface area contributed by atoms with E-state index in [-0.39, 0.29) is 11.3 Å². The van der Waals surface area contributed by atoms with Crippen LogP contribution in [0.25, 0.3) is 0 Å². The number of halogens is 1. The predicted octanol–water partition coefficient (Wildman–Crippen LogP) is 1.40. The summed E-state index contributed by atoms with van der Waals surface area (Å²) in [5.41, 5.74) is -0.285. The van der Waals surface area contributed by atoms with Gasteiger partial charge in [0.2, 0.25) is 0 Å². The van der Waals surface area contributed by atoms with E-state index in [4.69, 9.17) is 0 Å². The van der Waals surface area contributed by atoms with E-state index in [1.54, 1.807) is 0 Å². The zero-order valence-electron chi connectivity index (χ0n) is 10.1. The van der Waals surface area contributed by atoms with Crippen molar-refractivity contribution in [3.63, 3.8) is 0 Å². The molecular formula is C13H17FN2O2. The minimum absolute atomic E-state index is 0.285. The highest BCUT2D eigenvalue weighted by Crippen LogP contribution is 2.19. The van der Waals surface area contributed by atoms with E-state index >= 15 is 0 Å². The SMILES string of the molecule is O=C(NCCCNC1CC1)c1c(O)cccc1F. The van der Waals surface area contributed by atoms with Crippen molar-refractivity contribution >= 4 is 5.91 Å². The van der Waals surface area contributed by atoms with Gasteiger partial charge in [0.15, 0.2) is 0 Å². The Morgan fingerprint density at radius 1 is 1.39 bits per heavy atom. The van der Waals surface area contributed by atoms with Crippen molar-refractivity contribution < 1.29 is 14.3 Å². The molecule has 1 aromatic carbocycles. The number of benzene rings is 1. The first-order valence-electron chi connectivity index (χ1n) is 6.17. The largest absolute Gasteiger partial charge is 0.507 e. The highest BCUT2D eigenvalue weighted by atomic mass is 19.1. The molecule has 0 radical (unpaired) electrons. The molecule has 3 N–H and O–H groups in total. The van der Waals surface area contributed by atoms with Crippen LogP contribution in [0.4, 0.5) is 4.39 Å². The Morgan fingerprint density at radius 3 is 2.83 bits per heavy atom. The molecule has 1 fully saturated rings. The van der Waals surface area contributed by atoms with Crippen molar-refractivity contribution in [1.82, 2.24) is 10.6 Å². The van der Waals surface area contributed by atoms with E-state index in [2.05, 4.69) is 10.6 Å². The van der Waals surface area contributed by atoms with Gasteiger partial charge in [-0.2, -0.15) is 0 Å². The van der Waals surface area contributed by atoms with E-state index in [0.717, 1.165) is 19.0 Å². The number of aromatic hydroxyl groups is 1. The summed E-state index contributed by atoms with van der Waals surface area (Å²) >= 11 is 0. The fourth-order valence-electron chi connectivity index (χ4n) is 1.71. The summed E-state index contributed by atoms with van der Waals surface area (Å²) in [6.07, 6.45) is 3.25. The quantitative estimate of drug-likeness (QED) is 0.671. The molecule has 0 bridgehead atoms. The van der Waals surface area contributed by atoms with Crippen molar-refractivity contribution in [3.05, 3.63) is 29.6 Å². The van der Waals surface area contributed by atoms with Crippen LogP contribution in [-0.4, -0.2) is 30.1 Å². The van der Waals surface area contributed by atoms with E-state index in [9.17, 15) is 14.3 Å². The first-order valence-corrected chi connectivity index (χ1v) is 6.17. The summed E-state index contributed by atoms with van der Waals surface area (Å²) in [6.45, 7) is 1.31. The summed E-state index contributed by atoms with van der Waals surface area (Å²) in [5.74, 6) is -1.61. The van der Waals surface area contributed by atoms with Gasteiger partial charge in [-0.3, -0.25) is 4.79 Å². The van der Waals surface area contributed by atoms with Gasteiger partial charge in [-0.25, -0.2) is 4.39 Å². The maximum atomic E-state index is 13.4. The number of carbonyl (C=O) groups is 1. The Balaban J connectivity index is 1.76. The Kier molecular flexibility index (Phi) is 4.15. The molecule has 1 aliphatic rings. The number of phenols is 1. The number of hydrogen-bond donors (Lipinski definition) is 3. The van der Waals surface area contributed by atoms with Gasteiger partial charge >= 0.3 is 0 Å². The van der Waals surface area contributed by atoms with E-state index in [0.29, 0.717) is 12.6 Å². The lowest BCUT2D eigenvalue weighted by molar-refractivity contribution is 0.0946. The maximum absolute atomic E-state index is 13.4. The third-order valence-corrected chi connectivity index (χ3v) is 2.87. The van der Waals surface area contributed by atoms with Crippen LogP contribution >= 0.6 is 0 Å². The van der Waals surface area contributed by atoms with Crippen LogP contribution in [0.2, 0.25) is 0 Å². The Morgan fingerprint density at radius 2 is 2.17 bits per heavy atom. The van der Waals surface area contributed by atoms with Gasteiger partial charge < -0.3 is 15.7 Å². The minimum atomic E-state index is -0.705. The summed E-state index contributed by atoms with van der Waals surface area (Å²) in [5, 5.41) is 15.3. The second-order valence-corrected chi connectivity index (χ2v) is 4.47. The normalized spacial score (nSPS) is 14.5. The zero-order chi connectivity index (χ0) is 13.0. The van der Waals surface area contributed by atoms with Gasteiger partial charge in [0.25, 0.3) is 5.91 Å². The molecule has 18 heavy (non-hydrogen) atoms. The first-order chi connectivity index (χ1) is 8.68. The predicted molar refractivity (Wildman–Crippen MR) is 66.0 cm³/mol. The molecule has 0 unspecified atom stereocenters. The van der Waals surface area contributed by atoms with Gasteiger partial charge in [0.1, 0.15) is 17.1 Å². The summed E-state index contributed by atoms with van der Waals surface area (Å²) in [4.78, 5) is 11.7. The molecule has 0 heterocycles. The molecule has 5 heteroatoms. The monoisotopic (exact) mass is 252 g/mol. The van der Waals surface area contributed by atoms with Gasteiger partial charge in [-0.1, -0.05) is 6.07 Å². The highest BCUT2D eigenvalue weighted by molar-refractivity contribution is 5.97. The summed E-state index contributed by atoms with van der Waals surface area (Å²) < 4.78 is 13.4. The molecule has 98 valence electrons. The lowest BCUT2D eigenvalue weighted by Crippen LogP contribution is -2.28. The molecule has 0 atom stereocenters. The average Bonchev–Trinajstić information content (AvgIpc) is 3.12. The topological polar surface area (TPSA) is 61.4 Å². The van der Waals surface area contributed by atoms with E-state index in [1.807, 2.05) is 0 Å². The van der Waals surface area contributed by atoms with Crippen molar-refractivity contribution in [3.8, 4) is 5.75 Å². The smallest absolute Gasteiger partial charge is 0.258 e. The number of hydrogen-bond acceptors (Lipinski definition) is 3. The molecule has 1 aromatic rings. The zero-order valence-corrected chi connectivity index (χ0v) is 10.1. The Hall–Kier alpha value is -1.62. The number of nitrogens with one attached hydrogen (secondary N) is 2. The van der Waals surface area contributed by atoms with Crippen molar-refractivity contribution in [1.29, 1.82) is 0 Å². The van der Waals surface area contributed by atoms with Gasteiger partial charge in [0.05, 0.1) is 0 Å². The Labute approximate surface area is 105 Å². The fourth-order valence-corrected chi connectivity index (χ4v) is 1.71. The molecule has 0 aliphatic heterocycles. The third-order valence-electron chi connectivity index (χ3n) is 2.87. The lowest BCUT2D eigenvalue weighted by atomic mass is 10.1. The van der Waals surface area contributed by atoms with Crippen molar-refractivity contribution in [2.45, 2.75) is 25.3 Å². The van der Waals surface area contributed by atoms with Crippen LogP contribution in [0.15, 0.2) is 18.2 Å². The highest BCUT2D eigenvalue weighted by Gasteiger charge is 2.19. The number of carbonyl (C=O) groups excluding carboxylic acids is 1. The molecule has 1 saturated carbocycles. The maximum Gasteiger partial charge on any atom is 0.258 e. The van der Waals surface area contributed by atoms with E-state index in [1.165, 1.54) is 25.0 Å². The second-order valence-electron chi connectivity index (χ2n) is 4.47. The summed E-state index contributed by atoms with van der Waals surface area (Å²) in [6, 6.07) is 4.47. The number of amides is 1. The van der Waals surface area contributed by atoms with Crippen LogP contribution in [0, 0.1) is 5.82 Å². The fraction of sp³-hybridized carbons (Fsp3) is 0.462. The molecule has 0 aromatic heterocycles. The van der Waals surface area contributed by atoms with Crippen LogP contribution in [0.3, 0.4) is 0 Å². The van der Waals surface area contributed by atoms with Gasteiger partial charge in [-0.05, 0) is 37.9 Å².